The summed E-state index contributed by atoms with van der Waals surface area (Å²) >= 11 is 0. The van der Waals surface area contributed by atoms with Gasteiger partial charge in [0.15, 0.2) is 5.69 Å². The summed E-state index contributed by atoms with van der Waals surface area (Å²) < 4.78 is 0. The van der Waals surface area contributed by atoms with Crippen LogP contribution in [0.15, 0.2) is 24.4 Å². The molecule has 2 aromatic rings. The molecule has 0 bridgehead atoms. The van der Waals surface area contributed by atoms with E-state index < -0.39 is 0 Å². The van der Waals surface area contributed by atoms with Crippen LogP contribution in [-0.4, -0.2) is 32.0 Å². The minimum atomic E-state index is 0.0287. The fourth-order valence-corrected chi connectivity index (χ4v) is 3.55. The maximum atomic E-state index is 13.2. The van der Waals surface area contributed by atoms with Crippen LogP contribution in [0, 0.1) is 6.92 Å². The van der Waals surface area contributed by atoms with E-state index in [4.69, 9.17) is 0 Å². The SMILES string of the molecule is CCc1[nH]nc(C(=O)N(Cc2ccccn2)C2CCCCC2)c1C. The predicted molar refractivity (Wildman–Crippen MR) is 93.7 cm³/mol. The number of H-pyrrole nitrogens is 1. The molecule has 1 N–H and O–H groups in total. The topological polar surface area (TPSA) is 61.9 Å². The Labute approximate surface area is 143 Å². The maximum absolute atomic E-state index is 13.2. The normalized spacial score (nSPS) is 15.4. The van der Waals surface area contributed by atoms with Gasteiger partial charge in [0, 0.05) is 23.5 Å². The number of nitrogens with zero attached hydrogens (tertiary/aromatic N) is 3. The Hall–Kier alpha value is -2.17. The number of carbonyl (C=O) groups is 1. The van der Waals surface area contributed by atoms with Gasteiger partial charge in [0.1, 0.15) is 0 Å². The molecule has 0 atom stereocenters. The van der Waals surface area contributed by atoms with Crippen LogP contribution in [0.2, 0.25) is 0 Å². The first-order chi connectivity index (χ1) is 11.7. The fourth-order valence-electron chi connectivity index (χ4n) is 3.55. The quantitative estimate of drug-likeness (QED) is 0.912. The van der Waals surface area contributed by atoms with Crippen molar-refractivity contribution < 1.29 is 4.79 Å². The smallest absolute Gasteiger partial charge is 0.275 e. The number of aryl methyl sites for hydroxylation is 1. The van der Waals surface area contributed by atoms with Crippen molar-refractivity contribution >= 4 is 5.91 Å². The summed E-state index contributed by atoms with van der Waals surface area (Å²) in [7, 11) is 0. The number of aromatic nitrogens is 3. The molecule has 1 fully saturated rings. The predicted octanol–water partition coefficient (Wildman–Crippen LogP) is 3.65. The van der Waals surface area contributed by atoms with Gasteiger partial charge in [-0.15, -0.1) is 0 Å². The van der Waals surface area contributed by atoms with Crippen molar-refractivity contribution in [3.8, 4) is 0 Å². The van der Waals surface area contributed by atoms with Crippen LogP contribution in [0.5, 0.6) is 0 Å². The number of aromatic amines is 1. The molecule has 0 spiro atoms. The second-order valence-electron chi connectivity index (χ2n) is 6.58. The zero-order valence-corrected chi connectivity index (χ0v) is 14.6. The van der Waals surface area contributed by atoms with Gasteiger partial charge in [-0.1, -0.05) is 32.3 Å². The van der Waals surface area contributed by atoms with E-state index in [1.165, 1.54) is 19.3 Å². The third-order valence-corrected chi connectivity index (χ3v) is 5.00. The minimum Gasteiger partial charge on any atom is -0.328 e. The highest BCUT2D eigenvalue weighted by molar-refractivity contribution is 5.94. The second kappa shape index (κ2) is 7.60. The van der Waals surface area contributed by atoms with E-state index in [1.807, 2.05) is 30.0 Å². The Morgan fingerprint density at radius 1 is 1.29 bits per heavy atom. The maximum Gasteiger partial charge on any atom is 0.275 e. The number of carbonyl (C=O) groups excluding carboxylic acids is 1. The van der Waals surface area contributed by atoms with Crippen LogP contribution >= 0.6 is 0 Å². The number of amides is 1. The Bertz CT molecular complexity index is 674. The molecule has 1 saturated carbocycles. The first-order valence-corrected chi connectivity index (χ1v) is 8.95. The van der Waals surface area contributed by atoms with Gasteiger partial charge in [-0.25, -0.2) is 0 Å². The van der Waals surface area contributed by atoms with E-state index in [0.29, 0.717) is 12.2 Å². The molecule has 128 valence electrons. The average Bonchev–Trinajstić information content (AvgIpc) is 3.01. The lowest BCUT2D eigenvalue weighted by molar-refractivity contribution is 0.0604. The van der Waals surface area contributed by atoms with E-state index in [9.17, 15) is 4.79 Å². The first kappa shape index (κ1) is 16.7. The van der Waals surface area contributed by atoms with Crippen LogP contribution in [0.4, 0.5) is 0 Å². The van der Waals surface area contributed by atoms with E-state index in [1.54, 1.807) is 6.20 Å². The van der Waals surface area contributed by atoms with Gasteiger partial charge >= 0.3 is 0 Å². The third-order valence-electron chi connectivity index (χ3n) is 5.00. The molecule has 2 aromatic heterocycles. The molecular weight excluding hydrogens is 300 g/mol. The number of hydrogen-bond donors (Lipinski definition) is 1. The number of hydrogen-bond acceptors (Lipinski definition) is 3. The molecule has 2 heterocycles. The molecule has 0 radical (unpaired) electrons. The van der Waals surface area contributed by atoms with Gasteiger partial charge in [0.25, 0.3) is 5.91 Å². The zero-order chi connectivity index (χ0) is 16.9. The molecule has 5 heteroatoms. The van der Waals surface area contributed by atoms with Gasteiger partial charge in [-0.2, -0.15) is 5.10 Å². The van der Waals surface area contributed by atoms with Crippen molar-refractivity contribution in [2.75, 3.05) is 0 Å². The van der Waals surface area contributed by atoms with Crippen molar-refractivity contribution in [1.82, 2.24) is 20.1 Å². The van der Waals surface area contributed by atoms with Crippen LogP contribution in [-0.2, 0) is 13.0 Å². The lowest BCUT2D eigenvalue weighted by Gasteiger charge is -2.34. The molecule has 0 saturated heterocycles. The van der Waals surface area contributed by atoms with Gasteiger partial charge in [-0.3, -0.25) is 14.9 Å². The van der Waals surface area contributed by atoms with Gasteiger partial charge < -0.3 is 4.90 Å². The zero-order valence-electron chi connectivity index (χ0n) is 14.6. The van der Waals surface area contributed by atoms with Gasteiger partial charge in [0.05, 0.1) is 12.2 Å². The molecule has 0 unspecified atom stereocenters. The summed E-state index contributed by atoms with van der Waals surface area (Å²) in [6, 6.07) is 6.15. The van der Waals surface area contributed by atoms with E-state index >= 15 is 0 Å². The molecule has 0 aromatic carbocycles. The van der Waals surface area contributed by atoms with Crippen LogP contribution in [0.1, 0.15) is 66.5 Å². The monoisotopic (exact) mass is 326 g/mol. The molecule has 5 nitrogen and oxygen atoms in total. The lowest BCUT2D eigenvalue weighted by Crippen LogP contribution is -2.41. The highest BCUT2D eigenvalue weighted by atomic mass is 16.2. The summed E-state index contributed by atoms with van der Waals surface area (Å²) in [6.07, 6.45) is 8.44. The molecule has 0 aliphatic heterocycles. The fraction of sp³-hybridized carbons (Fsp3) is 0.526. The summed E-state index contributed by atoms with van der Waals surface area (Å²) in [4.78, 5) is 19.6. The van der Waals surface area contributed by atoms with Crippen LogP contribution in [0.25, 0.3) is 0 Å². The Morgan fingerprint density at radius 2 is 2.08 bits per heavy atom. The van der Waals surface area contributed by atoms with Crippen LogP contribution < -0.4 is 0 Å². The molecular formula is C19H26N4O. The van der Waals surface area contributed by atoms with Gasteiger partial charge in [-0.05, 0) is 38.3 Å². The summed E-state index contributed by atoms with van der Waals surface area (Å²) in [5.74, 6) is 0.0287. The third kappa shape index (κ3) is 3.50. The Balaban J connectivity index is 1.87. The van der Waals surface area contributed by atoms with Crippen molar-refractivity contribution in [3.05, 3.63) is 47.0 Å². The highest BCUT2D eigenvalue weighted by Crippen LogP contribution is 2.26. The Morgan fingerprint density at radius 3 is 2.71 bits per heavy atom. The molecule has 24 heavy (non-hydrogen) atoms. The van der Waals surface area contributed by atoms with E-state index in [0.717, 1.165) is 36.2 Å². The minimum absolute atomic E-state index is 0.0287. The average molecular weight is 326 g/mol. The van der Waals surface area contributed by atoms with Crippen molar-refractivity contribution in [2.45, 2.75) is 65.0 Å². The number of pyridine rings is 1. The molecule has 1 amide bonds. The van der Waals surface area contributed by atoms with E-state index in [-0.39, 0.29) is 11.9 Å². The first-order valence-electron chi connectivity index (χ1n) is 8.95. The number of rotatable bonds is 5. The van der Waals surface area contributed by atoms with Crippen molar-refractivity contribution in [3.63, 3.8) is 0 Å². The Kier molecular flexibility index (Phi) is 5.28. The molecule has 1 aliphatic rings. The van der Waals surface area contributed by atoms with Crippen LogP contribution in [0.3, 0.4) is 0 Å². The van der Waals surface area contributed by atoms with Crippen molar-refractivity contribution in [2.24, 2.45) is 0 Å². The highest BCUT2D eigenvalue weighted by Gasteiger charge is 2.29. The second-order valence-corrected chi connectivity index (χ2v) is 6.58. The largest absolute Gasteiger partial charge is 0.328 e. The summed E-state index contributed by atoms with van der Waals surface area (Å²) in [5, 5.41) is 7.32. The van der Waals surface area contributed by atoms with Crippen molar-refractivity contribution in [1.29, 1.82) is 0 Å². The molecule has 1 aliphatic carbocycles. The summed E-state index contributed by atoms with van der Waals surface area (Å²) in [6.45, 7) is 4.61. The molecule has 3 rings (SSSR count). The van der Waals surface area contributed by atoms with E-state index in [2.05, 4.69) is 22.1 Å². The summed E-state index contributed by atoms with van der Waals surface area (Å²) in [5.41, 5.74) is 3.51. The number of nitrogens with one attached hydrogen (secondary N) is 1. The standard InChI is InChI=1S/C19H26N4O/c1-3-17-14(2)18(22-21-17)19(24)23(16-10-5-4-6-11-16)13-15-9-7-8-12-20-15/h7-9,12,16H,3-6,10-11,13H2,1-2H3,(H,21,22). The lowest BCUT2D eigenvalue weighted by atomic mass is 9.93. The van der Waals surface area contributed by atoms with Gasteiger partial charge in [0.2, 0.25) is 0 Å².